The number of hydrogen-bond donors (Lipinski definition) is 3. The molecule has 0 aromatic heterocycles. The number of rotatable bonds is 3. The van der Waals surface area contributed by atoms with E-state index in [0.29, 0.717) is 94.9 Å². The van der Waals surface area contributed by atoms with E-state index in [4.69, 9.17) is 20.0 Å². The SMILES string of the molecule is O=S(=O)(O)c1ccc2cc3c(cc2c1)C1=NC2=[N+]4[B][N+]5=C(N=C4c4cc6ccc(S(=O)(=O)O)cc6cc42)c2cc4cc(S(=O)(=O)O)ccc4cc2C5=NC3=N1. The third-order valence-electron chi connectivity index (χ3n) is 10.2. The van der Waals surface area contributed by atoms with Gasteiger partial charge in [0, 0.05) is 0 Å². The van der Waals surface area contributed by atoms with Gasteiger partial charge in [0.25, 0.3) is 53.7 Å². The Kier molecular flexibility index (Phi) is 6.09. The van der Waals surface area contributed by atoms with Crippen molar-refractivity contribution in [3.8, 4) is 0 Å². The van der Waals surface area contributed by atoms with Crippen molar-refractivity contribution in [3.05, 3.63) is 124 Å². The van der Waals surface area contributed by atoms with Crippen molar-refractivity contribution in [2.24, 2.45) is 20.0 Å². The summed E-state index contributed by atoms with van der Waals surface area (Å²) in [4.78, 5) is 19.3. The van der Waals surface area contributed by atoms with Gasteiger partial charge in [0.15, 0.2) is 0 Å². The molecule has 19 heteroatoms. The lowest BCUT2D eigenvalue weighted by atomic mass is 10.00. The molecule has 0 saturated heterocycles. The average Bonchev–Trinajstić information content (AvgIpc) is 3.72. The number of aliphatic imine (C=N–C) groups is 4. The molecule has 265 valence electrons. The summed E-state index contributed by atoms with van der Waals surface area (Å²) in [6.07, 6.45) is 0. The minimum absolute atomic E-state index is 0.244. The van der Waals surface area contributed by atoms with Gasteiger partial charge in [-0.2, -0.15) is 30.2 Å². The largest absolute Gasteiger partial charge is 0.607 e. The zero-order chi connectivity index (χ0) is 37.9. The fraction of sp³-hybridized carbons (Fsp3) is 0. The smallest absolute Gasteiger partial charge is 0.282 e. The summed E-state index contributed by atoms with van der Waals surface area (Å²) < 4.78 is 105. The second kappa shape index (κ2) is 10.4. The second-order valence-corrected chi connectivity index (χ2v) is 17.7. The Morgan fingerprint density at radius 2 is 0.764 bits per heavy atom. The third-order valence-corrected chi connectivity index (χ3v) is 12.7. The molecule has 0 aliphatic carbocycles. The normalized spacial score (nSPS) is 16.8. The van der Waals surface area contributed by atoms with E-state index in [1.165, 1.54) is 36.4 Å². The molecule has 5 aliphatic heterocycles. The van der Waals surface area contributed by atoms with E-state index in [2.05, 4.69) is 0 Å². The molecule has 1 radical (unpaired) electrons. The summed E-state index contributed by atoms with van der Waals surface area (Å²) in [5.41, 5.74) is 3.62. The lowest BCUT2D eigenvalue weighted by molar-refractivity contribution is -0.378. The Morgan fingerprint density at radius 3 is 1.22 bits per heavy atom. The summed E-state index contributed by atoms with van der Waals surface area (Å²) in [5, 5.41) is 3.50. The van der Waals surface area contributed by atoms with Gasteiger partial charge in [-0.15, -0.1) is 0 Å². The Bertz CT molecular complexity index is 3540. The minimum Gasteiger partial charge on any atom is -0.282 e. The summed E-state index contributed by atoms with van der Waals surface area (Å²) in [5.74, 6) is 2.30. The predicted molar refractivity (Wildman–Crippen MR) is 202 cm³/mol. The van der Waals surface area contributed by atoms with Crippen LogP contribution in [-0.2, 0) is 30.4 Å². The first-order chi connectivity index (χ1) is 26.1. The van der Waals surface area contributed by atoms with E-state index in [1.54, 1.807) is 52.9 Å². The van der Waals surface area contributed by atoms with Gasteiger partial charge in [0.2, 0.25) is 11.7 Å². The van der Waals surface area contributed by atoms with Crippen molar-refractivity contribution in [3.63, 3.8) is 0 Å². The van der Waals surface area contributed by atoms with Gasteiger partial charge in [-0.1, -0.05) is 33.2 Å². The highest BCUT2D eigenvalue weighted by Crippen LogP contribution is 2.36. The average molecular weight is 786 g/mol. The van der Waals surface area contributed by atoms with E-state index in [0.717, 1.165) is 0 Å². The Labute approximate surface area is 310 Å². The van der Waals surface area contributed by atoms with Crippen LogP contribution in [0.3, 0.4) is 0 Å². The summed E-state index contributed by atoms with van der Waals surface area (Å²) in [7, 11) is -11.7. The molecule has 0 saturated carbocycles. The van der Waals surface area contributed by atoms with Gasteiger partial charge in [-0.05, 0) is 105 Å². The molecule has 0 spiro atoms. The Hall–Kier alpha value is -6.09. The minimum atomic E-state index is -4.51. The molecule has 5 heterocycles. The van der Waals surface area contributed by atoms with Crippen molar-refractivity contribution >= 4 is 105 Å². The van der Waals surface area contributed by atoms with E-state index in [-0.39, 0.29) is 20.5 Å². The van der Waals surface area contributed by atoms with E-state index in [9.17, 15) is 38.9 Å². The lowest BCUT2D eigenvalue weighted by Crippen LogP contribution is -2.42. The number of nitrogens with zero attached hydrogens (tertiary/aromatic N) is 6. The molecule has 3 N–H and O–H groups in total. The zero-order valence-electron chi connectivity index (χ0n) is 27.4. The predicted octanol–water partition coefficient (Wildman–Crippen LogP) is 3.39. The third kappa shape index (κ3) is 4.68. The Balaban J connectivity index is 1.22. The van der Waals surface area contributed by atoms with Gasteiger partial charge < -0.3 is 0 Å². The van der Waals surface area contributed by atoms with Crippen molar-refractivity contribution < 1.29 is 47.9 Å². The summed E-state index contributed by atoms with van der Waals surface area (Å²) >= 11 is 0. The van der Waals surface area contributed by atoms with Crippen LogP contribution in [0.4, 0.5) is 0 Å². The fourth-order valence-corrected chi connectivity index (χ4v) is 9.17. The van der Waals surface area contributed by atoms with Crippen LogP contribution in [0.15, 0.2) is 126 Å². The van der Waals surface area contributed by atoms with E-state index in [1.807, 2.05) is 18.2 Å². The molecule has 55 heavy (non-hydrogen) atoms. The summed E-state index contributed by atoms with van der Waals surface area (Å²) in [6.45, 7) is 0. The van der Waals surface area contributed by atoms with Crippen molar-refractivity contribution in [2.45, 2.75) is 14.7 Å². The first kappa shape index (κ1) is 32.4. The number of amidine groups is 6. The molecule has 0 unspecified atom stereocenters. The van der Waals surface area contributed by atoms with E-state index >= 15 is 0 Å². The fourth-order valence-electron chi connectivity index (χ4n) is 7.62. The zero-order valence-corrected chi connectivity index (χ0v) is 29.9. The number of hydrogen-bond acceptors (Lipinski definition) is 10. The molecule has 6 aromatic rings. The first-order valence-electron chi connectivity index (χ1n) is 16.3. The van der Waals surface area contributed by atoms with Crippen LogP contribution in [0.1, 0.15) is 33.4 Å². The molecule has 5 aliphatic rings. The van der Waals surface area contributed by atoms with Crippen LogP contribution >= 0.6 is 0 Å². The van der Waals surface area contributed by atoms with Crippen LogP contribution in [0.25, 0.3) is 32.3 Å². The van der Waals surface area contributed by atoms with Crippen molar-refractivity contribution in [1.29, 1.82) is 0 Å². The van der Waals surface area contributed by atoms with Gasteiger partial charge in [0.1, 0.15) is 0 Å². The standard InChI is InChI=1S/C36H18BN6O9S3/c44-53(45,46)22-4-1-16-10-25-26(13-19(16)7-22)32-38-31(25)39-33-27-11-17-2-5-24(55(50,51)52)9-21(17)15-30(27)36-41-35-28-12-18-3-6-23(54(47,48)49)8-20(18)14-29(28)34(40-32)43(35)37-42(33)36/h1-15H,(H,44,45,46)(H,47,48,49)(H,50,51,52)/q+2. The molecule has 0 fully saturated rings. The van der Waals surface area contributed by atoms with Crippen LogP contribution in [-0.4, -0.2) is 90.4 Å². The van der Waals surface area contributed by atoms with Crippen LogP contribution < -0.4 is 0 Å². The van der Waals surface area contributed by atoms with Crippen molar-refractivity contribution in [2.75, 3.05) is 0 Å². The summed E-state index contributed by atoms with van der Waals surface area (Å²) in [6, 6.07) is 23.5. The topological polar surface area (TPSA) is 219 Å². The number of benzene rings is 6. The van der Waals surface area contributed by atoms with Gasteiger partial charge in [-0.3, -0.25) is 13.7 Å². The molecule has 0 atom stereocenters. The molecule has 15 nitrogen and oxygen atoms in total. The highest BCUT2D eigenvalue weighted by Gasteiger charge is 2.48. The maximum absolute atomic E-state index is 12.1. The van der Waals surface area contributed by atoms with Gasteiger partial charge in [0.05, 0.1) is 48.1 Å². The molecule has 6 aromatic carbocycles. The van der Waals surface area contributed by atoms with Crippen LogP contribution in [0, 0.1) is 0 Å². The maximum atomic E-state index is 12.1. The van der Waals surface area contributed by atoms with Crippen LogP contribution in [0.2, 0.25) is 0 Å². The quantitative estimate of drug-likeness (QED) is 0.177. The molecule has 0 amide bonds. The molecule has 4 bridgehead atoms. The number of fused-ring (bicyclic) bond motifs is 13. The molecular weight excluding hydrogens is 767 g/mol. The molecule has 11 rings (SSSR count). The lowest BCUT2D eigenvalue weighted by Gasteiger charge is -2.10. The maximum Gasteiger partial charge on any atom is 0.607 e. The van der Waals surface area contributed by atoms with Crippen molar-refractivity contribution in [1.82, 2.24) is 0 Å². The Morgan fingerprint density at radius 1 is 0.400 bits per heavy atom. The van der Waals surface area contributed by atoms with E-state index < -0.39 is 30.4 Å². The van der Waals surface area contributed by atoms with Gasteiger partial charge in [-0.25, -0.2) is 8.97 Å². The highest BCUT2D eigenvalue weighted by molar-refractivity contribution is 7.86. The second-order valence-electron chi connectivity index (χ2n) is 13.4. The van der Waals surface area contributed by atoms with Gasteiger partial charge >= 0.3 is 7.55 Å². The highest BCUT2D eigenvalue weighted by atomic mass is 32.2. The monoisotopic (exact) mass is 785 g/mol. The molecular formula is C36H18BN6O9S3+2. The first-order valence-corrected chi connectivity index (χ1v) is 20.6. The van der Waals surface area contributed by atoms with Crippen LogP contribution in [0.5, 0.6) is 0 Å².